The van der Waals surface area contributed by atoms with Crippen LogP contribution in [0.4, 0.5) is 13.2 Å². The molecule has 0 aliphatic rings. The van der Waals surface area contributed by atoms with Gasteiger partial charge in [0, 0.05) is 3.57 Å². The lowest BCUT2D eigenvalue weighted by atomic mass is 10.1. The molecule has 1 radical (unpaired) electrons. The van der Waals surface area contributed by atoms with E-state index in [0.717, 1.165) is 9.13 Å². The standard InChI is InChI=1S/C13H7F3IO/c14-13(15,16)18-12-3-1-2-10(8-12)9-4-6-11(17)7-5-9/h1-6,8H. The van der Waals surface area contributed by atoms with Gasteiger partial charge in [-0.1, -0.05) is 18.2 Å². The van der Waals surface area contributed by atoms with Crippen molar-refractivity contribution < 1.29 is 17.9 Å². The SMILES string of the molecule is FC(F)(F)Oc1cccc(-c2c[c]c(I)cc2)c1. The van der Waals surface area contributed by atoms with Crippen LogP contribution >= 0.6 is 22.6 Å². The third kappa shape index (κ3) is 3.63. The molecule has 0 spiro atoms. The fourth-order valence-corrected chi connectivity index (χ4v) is 1.79. The zero-order valence-corrected chi connectivity index (χ0v) is 11.1. The maximum absolute atomic E-state index is 12.1. The Morgan fingerprint density at radius 3 is 2.44 bits per heavy atom. The van der Waals surface area contributed by atoms with Crippen LogP contribution in [0, 0.1) is 9.64 Å². The number of rotatable bonds is 2. The summed E-state index contributed by atoms with van der Waals surface area (Å²) in [6.07, 6.45) is -4.67. The molecule has 0 atom stereocenters. The summed E-state index contributed by atoms with van der Waals surface area (Å²) < 4.78 is 41.1. The van der Waals surface area contributed by atoms with Crippen LogP contribution < -0.4 is 4.74 Å². The Bertz CT molecular complexity index is 535. The van der Waals surface area contributed by atoms with Crippen molar-refractivity contribution in [3.05, 3.63) is 52.1 Å². The van der Waals surface area contributed by atoms with Crippen molar-refractivity contribution in [1.29, 1.82) is 0 Å². The molecule has 2 rings (SSSR count). The van der Waals surface area contributed by atoms with E-state index in [0.29, 0.717) is 5.56 Å². The molecule has 1 nitrogen and oxygen atoms in total. The lowest BCUT2D eigenvalue weighted by Gasteiger charge is -2.10. The molecule has 0 bridgehead atoms. The molecule has 0 aliphatic carbocycles. The minimum Gasteiger partial charge on any atom is -0.406 e. The molecule has 0 heterocycles. The highest BCUT2D eigenvalue weighted by molar-refractivity contribution is 14.1. The van der Waals surface area contributed by atoms with Gasteiger partial charge in [-0.25, -0.2) is 0 Å². The molecule has 0 amide bonds. The quantitative estimate of drug-likeness (QED) is 0.706. The van der Waals surface area contributed by atoms with E-state index < -0.39 is 6.36 Å². The molecule has 0 fully saturated rings. The van der Waals surface area contributed by atoms with Crippen molar-refractivity contribution in [2.24, 2.45) is 0 Å². The first-order chi connectivity index (χ1) is 8.44. The average Bonchev–Trinajstić information content (AvgIpc) is 2.28. The van der Waals surface area contributed by atoms with Crippen molar-refractivity contribution in [2.45, 2.75) is 6.36 Å². The Balaban J connectivity index is 2.29. The highest BCUT2D eigenvalue weighted by atomic mass is 127. The second-order valence-electron chi connectivity index (χ2n) is 3.50. The van der Waals surface area contributed by atoms with Crippen LogP contribution in [0.25, 0.3) is 11.1 Å². The summed E-state index contributed by atoms with van der Waals surface area (Å²) in [7, 11) is 0. The van der Waals surface area contributed by atoms with Crippen LogP contribution in [0.2, 0.25) is 0 Å². The Hall–Kier alpha value is -1.24. The highest BCUT2D eigenvalue weighted by Gasteiger charge is 2.31. The van der Waals surface area contributed by atoms with Gasteiger partial charge in [0.1, 0.15) is 5.75 Å². The van der Waals surface area contributed by atoms with E-state index in [2.05, 4.69) is 33.4 Å². The first kappa shape index (κ1) is 13.2. The Labute approximate surface area is 116 Å². The summed E-state index contributed by atoms with van der Waals surface area (Å²) in [6.45, 7) is 0. The van der Waals surface area contributed by atoms with Crippen LogP contribution in [0.1, 0.15) is 0 Å². The lowest BCUT2D eigenvalue weighted by Crippen LogP contribution is -2.17. The first-order valence-electron chi connectivity index (χ1n) is 4.97. The first-order valence-corrected chi connectivity index (χ1v) is 6.05. The van der Waals surface area contributed by atoms with Crippen molar-refractivity contribution >= 4 is 22.6 Å². The summed E-state index contributed by atoms with van der Waals surface area (Å²) >= 11 is 2.11. The van der Waals surface area contributed by atoms with Gasteiger partial charge in [0.25, 0.3) is 0 Å². The third-order valence-corrected chi connectivity index (χ3v) is 2.85. The van der Waals surface area contributed by atoms with Gasteiger partial charge in [-0.2, -0.15) is 0 Å². The number of hydrogen-bond acceptors (Lipinski definition) is 1. The molecule has 0 unspecified atom stereocenters. The minimum absolute atomic E-state index is 0.224. The summed E-state index contributed by atoms with van der Waals surface area (Å²) in [4.78, 5) is 0. The minimum atomic E-state index is -4.67. The topological polar surface area (TPSA) is 9.23 Å². The van der Waals surface area contributed by atoms with Crippen LogP contribution in [0.15, 0.2) is 42.5 Å². The van der Waals surface area contributed by atoms with Crippen molar-refractivity contribution in [3.8, 4) is 16.9 Å². The molecule has 0 saturated carbocycles. The van der Waals surface area contributed by atoms with Gasteiger partial charge in [-0.15, -0.1) is 13.2 Å². The highest BCUT2D eigenvalue weighted by Crippen LogP contribution is 2.28. The van der Waals surface area contributed by atoms with Gasteiger partial charge < -0.3 is 4.74 Å². The predicted molar refractivity (Wildman–Crippen MR) is 70.1 cm³/mol. The van der Waals surface area contributed by atoms with E-state index in [1.807, 2.05) is 12.1 Å². The van der Waals surface area contributed by atoms with Crippen molar-refractivity contribution in [1.82, 2.24) is 0 Å². The van der Waals surface area contributed by atoms with Gasteiger partial charge in [0.05, 0.1) is 0 Å². The summed E-state index contributed by atoms with van der Waals surface area (Å²) in [5.74, 6) is -0.224. The molecule has 0 aromatic heterocycles. The molecular formula is C13H7F3IO. The number of alkyl halides is 3. The van der Waals surface area contributed by atoms with Crippen LogP contribution in [0.5, 0.6) is 5.75 Å². The van der Waals surface area contributed by atoms with Crippen molar-refractivity contribution in [3.63, 3.8) is 0 Å². The molecule has 0 N–H and O–H groups in total. The van der Waals surface area contributed by atoms with Crippen molar-refractivity contribution in [2.75, 3.05) is 0 Å². The van der Waals surface area contributed by atoms with Crippen LogP contribution in [0.3, 0.4) is 0 Å². The van der Waals surface area contributed by atoms with Gasteiger partial charge in [0.15, 0.2) is 0 Å². The Kier molecular flexibility index (Phi) is 3.79. The Morgan fingerprint density at radius 1 is 1.06 bits per heavy atom. The predicted octanol–water partition coefficient (Wildman–Crippen LogP) is 4.66. The maximum atomic E-state index is 12.1. The summed E-state index contributed by atoms with van der Waals surface area (Å²) in [5.41, 5.74) is 1.45. The Morgan fingerprint density at radius 2 is 1.83 bits per heavy atom. The lowest BCUT2D eigenvalue weighted by molar-refractivity contribution is -0.274. The molecular weight excluding hydrogens is 356 g/mol. The van der Waals surface area contributed by atoms with E-state index in [4.69, 9.17) is 0 Å². The molecule has 0 aliphatic heterocycles. The number of halogens is 4. The maximum Gasteiger partial charge on any atom is 0.573 e. The zero-order chi connectivity index (χ0) is 13.2. The normalized spacial score (nSPS) is 11.3. The molecule has 2 aromatic carbocycles. The van der Waals surface area contributed by atoms with E-state index in [1.165, 1.54) is 18.2 Å². The number of ether oxygens (including phenoxy) is 1. The third-order valence-electron chi connectivity index (χ3n) is 2.18. The fourth-order valence-electron chi connectivity index (χ4n) is 1.46. The summed E-state index contributed by atoms with van der Waals surface area (Å²) in [5, 5.41) is 0. The second-order valence-corrected chi connectivity index (χ2v) is 4.66. The number of hydrogen-bond donors (Lipinski definition) is 0. The van der Waals surface area contributed by atoms with Crippen LogP contribution in [-0.4, -0.2) is 6.36 Å². The van der Waals surface area contributed by atoms with E-state index in [9.17, 15) is 13.2 Å². The fraction of sp³-hybridized carbons (Fsp3) is 0.0769. The average molecular weight is 363 g/mol. The monoisotopic (exact) mass is 363 g/mol. The number of benzene rings is 2. The van der Waals surface area contributed by atoms with E-state index in [-0.39, 0.29) is 5.75 Å². The molecule has 2 aromatic rings. The van der Waals surface area contributed by atoms with Gasteiger partial charge >= 0.3 is 6.36 Å². The van der Waals surface area contributed by atoms with Gasteiger partial charge in [-0.05, 0) is 64.0 Å². The van der Waals surface area contributed by atoms with Gasteiger partial charge in [-0.3, -0.25) is 0 Å². The van der Waals surface area contributed by atoms with Crippen LogP contribution in [-0.2, 0) is 0 Å². The molecule has 5 heteroatoms. The zero-order valence-electron chi connectivity index (χ0n) is 8.96. The smallest absolute Gasteiger partial charge is 0.406 e. The molecule has 93 valence electrons. The largest absolute Gasteiger partial charge is 0.573 e. The van der Waals surface area contributed by atoms with E-state index >= 15 is 0 Å². The van der Waals surface area contributed by atoms with Gasteiger partial charge in [0.2, 0.25) is 0 Å². The second kappa shape index (κ2) is 5.17. The summed E-state index contributed by atoms with van der Waals surface area (Å²) in [6, 6.07) is 14.3. The van der Waals surface area contributed by atoms with E-state index in [1.54, 1.807) is 12.1 Å². The molecule has 0 saturated heterocycles. The molecule has 18 heavy (non-hydrogen) atoms.